The molecule has 0 aromatic carbocycles. The van der Waals surface area contributed by atoms with Crippen LogP contribution in [0.3, 0.4) is 0 Å². The van der Waals surface area contributed by atoms with Crippen LogP contribution in [0.1, 0.15) is 38.5 Å². The van der Waals surface area contributed by atoms with Crippen LogP contribution < -0.4 is 5.32 Å². The van der Waals surface area contributed by atoms with Gasteiger partial charge in [0.1, 0.15) is 0 Å². The molecule has 2 fully saturated rings. The van der Waals surface area contributed by atoms with E-state index in [-0.39, 0.29) is 0 Å². The standard InChI is InChI=1S/C10H19N/c1-11-8-9-2-4-10(5-3-9)6-7-10/h9,11H,2-8H2,1H3. The molecule has 1 spiro atoms. The first kappa shape index (κ1) is 7.60. The molecule has 1 heteroatoms. The summed E-state index contributed by atoms with van der Waals surface area (Å²) in [7, 11) is 2.07. The molecule has 2 rings (SSSR count). The van der Waals surface area contributed by atoms with Gasteiger partial charge >= 0.3 is 0 Å². The lowest BCUT2D eigenvalue weighted by Crippen LogP contribution is -2.24. The van der Waals surface area contributed by atoms with Gasteiger partial charge in [0.2, 0.25) is 0 Å². The zero-order chi connectivity index (χ0) is 7.73. The Kier molecular flexibility index (Phi) is 1.92. The Hall–Kier alpha value is -0.0400. The SMILES string of the molecule is CNCC1CCC2(CC1)CC2. The Bertz CT molecular complexity index is 128. The second-order valence-corrected chi connectivity index (χ2v) is 4.50. The van der Waals surface area contributed by atoms with Crippen LogP contribution in [0.5, 0.6) is 0 Å². The first-order chi connectivity index (χ1) is 5.35. The van der Waals surface area contributed by atoms with E-state index in [2.05, 4.69) is 12.4 Å². The van der Waals surface area contributed by atoms with Crippen LogP contribution in [0.25, 0.3) is 0 Å². The smallest absolute Gasteiger partial charge is 0.00235 e. The molecule has 2 aliphatic rings. The second kappa shape index (κ2) is 2.78. The van der Waals surface area contributed by atoms with E-state index < -0.39 is 0 Å². The van der Waals surface area contributed by atoms with Crippen molar-refractivity contribution >= 4 is 0 Å². The number of hydrogen-bond acceptors (Lipinski definition) is 1. The van der Waals surface area contributed by atoms with Crippen LogP contribution in [-0.4, -0.2) is 13.6 Å². The number of hydrogen-bond donors (Lipinski definition) is 1. The van der Waals surface area contributed by atoms with Gasteiger partial charge in [0.25, 0.3) is 0 Å². The molecular formula is C10H19N. The highest BCUT2D eigenvalue weighted by molar-refractivity contribution is 4.96. The minimum absolute atomic E-state index is 0.879. The van der Waals surface area contributed by atoms with Crippen LogP contribution in [0.15, 0.2) is 0 Å². The molecule has 64 valence electrons. The molecule has 2 saturated carbocycles. The van der Waals surface area contributed by atoms with E-state index in [1.165, 1.54) is 32.2 Å². The third-order valence-corrected chi connectivity index (χ3v) is 3.62. The molecule has 0 amide bonds. The van der Waals surface area contributed by atoms with Crippen molar-refractivity contribution in [1.29, 1.82) is 0 Å². The Morgan fingerprint density at radius 2 is 1.82 bits per heavy atom. The Morgan fingerprint density at radius 1 is 1.18 bits per heavy atom. The third kappa shape index (κ3) is 1.58. The van der Waals surface area contributed by atoms with Gasteiger partial charge in [-0.3, -0.25) is 0 Å². The zero-order valence-corrected chi connectivity index (χ0v) is 7.53. The highest BCUT2D eigenvalue weighted by Crippen LogP contribution is 2.56. The van der Waals surface area contributed by atoms with Gasteiger partial charge < -0.3 is 5.32 Å². The lowest BCUT2D eigenvalue weighted by atomic mass is 9.80. The molecule has 0 aromatic rings. The topological polar surface area (TPSA) is 12.0 Å². The van der Waals surface area contributed by atoms with Crippen LogP contribution in [0, 0.1) is 11.3 Å². The maximum atomic E-state index is 3.29. The minimum atomic E-state index is 0.879. The predicted octanol–water partition coefficient (Wildman–Crippen LogP) is 2.18. The monoisotopic (exact) mass is 153 g/mol. The average Bonchev–Trinajstić information content (AvgIpc) is 2.76. The van der Waals surface area contributed by atoms with Crippen molar-refractivity contribution in [2.45, 2.75) is 38.5 Å². The molecule has 1 nitrogen and oxygen atoms in total. The fraction of sp³-hybridized carbons (Fsp3) is 1.00. The number of nitrogens with one attached hydrogen (secondary N) is 1. The Labute approximate surface area is 69.6 Å². The third-order valence-electron chi connectivity index (χ3n) is 3.62. The van der Waals surface area contributed by atoms with E-state index in [4.69, 9.17) is 0 Å². The zero-order valence-electron chi connectivity index (χ0n) is 7.53. The first-order valence-electron chi connectivity index (χ1n) is 4.99. The van der Waals surface area contributed by atoms with Crippen LogP contribution in [-0.2, 0) is 0 Å². The molecule has 0 atom stereocenters. The lowest BCUT2D eigenvalue weighted by Gasteiger charge is -2.28. The maximum absolute atomic E-state index is 3.29. The van der Waals surface area contributed by atoms with E-state index in [0.29, 0.717) is 0 Å². The van der Waals surface area contributed by atoms with E-state index in [9.17, 15) is 0 Å². The van der Waals surface area contributed by atoms with Gasteiger partial charge in [-0.25, -0.2) is 0 Å². The van der Waals surface area contributed by atoms with Gasteiger partial charge in [-0.1, -0.05) is 0 Å². The first-order valence-corrected chi connectivity index (χ1v) is 4.99. The van der Waals surface area contributed by atoms with Gasteiger partial charge in [-0.15, -0.1) is 0 Å². The minimum Gasteiger partial charge on any atom is -0.319 e. The molecule has 0 radical (unpaired) electrons. The molecule has 0 saturated heterocycles. The van der Waals surface area contributed by atoms with Crippen molar-refractivity contribution in [2.75, 3.05) is 13.6 Å². The fourth-order valence-electron chi connectivity index (χ4n) is 2.46. The van der Waals surface area contributed by atoms with Crippen molar-refractivity contribution in [3.8, 4) is 0 Å². The maximum Gasteiger partial charge on any atom is -0.00235 e. The van der Waals surface area contributed by atoms with Gasteiger partial charge in [0, 0.05) is 0 Å². The molecule has 0 aromatic heterocycles. The van der Waals surface area contributed by atoms with Gasteiger partial charge in [-0.05, 0) is 63.5 Å². The molecule has 0 bridgehead atoms. The highest BCUT2D eigenvalue weighted by atomic mass is 14.8. The second-order valence-electron chi connectivity index (χ2n) is 4.50. The summed E-state index contributed by atoms with van der Waals surface area (Å²) >= 11 is 0. The van der Waals surface area contributed by atoms with Gasteiger partial charge in [0.15, 0.2) is 0 Å². The van der Waals surface area contributed by atoms with Crippen molar-refractivity contribution in [1.82, 2.24) is 5.32 Å². The molecule has 0 heterocycles. The van der Waals surface area contributed by atoms with E-state index in [1.54, 1.807) is 12.8 Å². The molecule has 2 aliphatic carbocycles. The van der Waals surface area contributed by atoms with Gasteiger partial charge in [-0.2, -0.15) is 0 Å². The molecule has 1 N–H and O–H groups in total. The summed E-state index contributed by atoms with van der Waals surface area (Å²) in [4.78, 5) is 0. The fourth-order valence-corrected chi connectivity index (χ4v) is 2.46. The largest absolute Gasteiger partial charge is 0.319 e. The van der Waals surface area contributed by atoms with Gasteiger partial charge in [0.05, 0.1) is 0 Å². The summed E-state index contributed by atoms with van der Waals surface area (Å²) in [5, 5.41) is 3.29. The lowest BCUT2D eigenvalue weighted by molar-refractivity contribution is 0.254. The van der Waals surface area contributed by atoms with Crippen molar-refractivity contribution in [3.05, 3.63) is 0 Å². The van der Waals surface area contributed by atoms with E-state index in [0.717, 1.165) is 11.3 Å². The van der Waals surface area contributed by atoms with E-state index in [1.807, 2.05) is 0 Å². The molecule has 0 unspecified atom stereocenters. The summed E-state index contributed by atoms with van der Waals surface area (Å²) in [6.45, 7) is 1.25. The summed E-state index contributed by atoms with van der Waals surface area (Å²) < 4.78 is 0. The summed E-state index contributed by atoms with van der Waals surface area (Å²) in [6.07, 6.45) is 9.11. The highest BCUT2D eigenvalue weighted by Gasteiger charge is 2.44. The summed E-state index contributed by atoms with van der Waals surface area (Å²) in [6, 6.07) is 0. The molecule has 11 heavy (non-hydrogen) atoms. The predicted molar refractivity (Wildman–Crippen MR) is 47.6 cm³/mol. The Balaban J connectivity index is 1.75. The number of rotatable bonds is 2. The normalized spacial score (nSPS) is 29.2. The van der Waals surface area contributed by atoms with Crippen LogP contribution in [0.4, 0.5) is 0 Å². The van der Waals surface area contributed by atoms with E-state index >= 15 is 0 Å². The van der Waals surface area contributed by atoms with Crippen LogP contribution >= 0.6 is 0 Å². The van der Waals surface area contributed by atoms with Crippen molar-refractivity contribution < 1.29 is 0 Å². The van der Waals surface area contributed by atoms with Crippen molar-refractivity contribution in [3.63, 3.8) is 0 Å². The summed E-state index contributed by atoms with van der Waals surface area (Å²) in [5.74, 6) is 0.992. The van der Waals surface area contributed by atoms with Crippen LogP contribution in [0.2, 0.25) is 0 Å². The molecular weight excluding hydrogens is 134 g/mol. The molecule has 0 aliphatic heterocycles. The average molecular weight is 153 g/mol. The quantitative estimate of drug-likeness (QED) is 0.641. The Morgan fingerprint density at radius 3 is 2.27 bits per heavy atom. The summed E-state index contributed by atoms with van der Waals surface area (Å²) in [5.41, 5.74) is 0.879. The van der Waals surface area contributed by atoms with Crippen molar-refractivity contribution in [2.24, 2.45) is 11.3 Å².